The lowest BCUT2D eigenvalue weighted by Gasteiger charge is -2.08. The number of nitrogens with one attached hydrogen (secondary N) is 1. The fourth-order valence-electron chi connectivity index (χ4n) is 0.831. The van der Waals surface area contributed by atoms with Crippen LogP contribution in [0.1, 0.15) is 13.3 Å². The summed E-state index contributed by atoms with van der Waals surface area (Å²) in [6.07, 6.45) is 1.03. The minimum atomic E-state index is -0.279. The van der Waals surface area contributed by atoms with Gasteiger partial charge < -0.3 is 14.8 Å². The second-order valence-corrected chi connectivity index (χ2v) is 3.91. The van der Waals surface area contributed by atoms with Gasteiger partial charge in [0.15, 0.2) is 0 Å². The first-order chi connectivity index (χ1) is 6.72. The van der Waals surface area contributed by atoms with Crippen molar-refractivity contribution in [3.63, 3.8) is 0 Å². The number of methoxy groups -OCH3 is 1. The first-order valence-electron chi connectivity index (χ1n) is 4.72. The van der Waals surface area contributed by atoms with Crippen LogP contribution in [0.25, 0.3) is 0 Å². The van der Waals surface area contributed by atoms with Crippen LogP contribution in [0.4, 0.5) is 0 Å². The standard InChI is InChI=1S/C9H18BrNO3/c1-3-5-14-6-4-11-7-8(10)9(12)13-2/h8,11H,3-7H2,1-2H3. The molecule has 0 aliphatic rings. The number of ether oxygens (including phenoxy) is 2. The maximum Gasteiger partial charge on any atom is 0.320 e. The second-order valence-electron chi connectivity index (χ2n) is 2.81. The molecular weight excluding hydrogens is 250 g/mol. The van der Waals surface area contributed by atoms with Crippen molar-refractivity contribution >= 4 is 21.9 Å². The molecule has 0 aliphatic carbocycles. The van der Waals surface area contributed by atoms with Crippen LogP contribution in [0, 0.1) is 0 Å². The highest BCUT2D eigenvalue weighted by atomic mass is 79.9. The van der Waals surface area contributed by atoms with E-state index in [0.29, 0.717) is 13.2 Å². The van der Waals surface area contributed by atoms with Gasteiger partial charge in [0.1, 0.15) is 4.83 Å². The summed E-state index contributed by atoms with van der Waals surface area (Å²) in [5, 5.41) is 3.09. The van der Waals surface area contributed by atoms with E-state index in [2.05, 4.69) is 32.9 Å². The molecule has 0 radical (unpaired) electrons. The Morgan fingerprint density at radius 1 is 1.50 bits per heavy atom. The molecule has 0 aromatic carbocycles. The Labute approximate surface area is 93.5 Å². The molecule has 14 heavy (non-hydrogen) atoms. The molecule has 1 N–H and O–H groups in total. The van der Waals surface area contributed by atoms with Crippen LogP contribution in [0.5, 0.6) is 0 Å². The minimum Gasteiger partial charge on any atom is -0.468 e. The van der Waals surface area contributed by atoms with Crippen LogP contribution in [0.2, 0.25) is 0 Å². The minimum absolute atomic E-state index is 0.257. The maximum absolute atomic E-state index is 10.9. The highest BCUT2D eigenvalue weighted by Crippen LogP contribution is 1.99. The highest BCUT2D eigenvalue weighted by Gasteiger charge is 2.13. The van der Waals surface area contributed by atoms with E-state index in [1.54, 1.807) is 0 Å². The van der Waals surface area contributed by atoms with Gasteiger partial charge in [-0.2, -0.15) is 0 Å². The van der Waals surface area contributed by atoms with Crippen molar-refractivity contribution in [1.29, 1.82) is 0 Å². The van der Waals surface area contributed by atoms with Gasteiger partial charge in [0.25, 0.3) is 0 Å². The summed E-state index contributed by atoms with van der Waals surface area (Å²) in [6, 6.07) is 0. The molecule has 1 atom stereocenters. The molecule has 0 heterocycles. The summed E-state index contributed by atoms with van der Waals surface area (Å²) < 4.78 is 9.81. The van der Waals surface area contributed by atoms with Gasteiger partial charge in [0.05, 0.1) is 13.7 Å². The van der Waals surface area contributed by atoms with E-state index in [1.807, 2.05) is 0 Å². The Balaban J connectivity index is 3.23. The number of hydrogen-bond acceptors (Lipinski definition) is 4. The largest absolute Gasteiger partial charge is 0.468 e. The molecular formula is C9H18BrNO3. The first-order valence-corrected chi connectivity index (χ1v) is 5.64. The second kappa shape index (κ2) is 9.43. The lowest BCUT2D eigenvalue weighted by Crippen LogP contribution is -2.31. The zero-order chi connectivity index (χ0) is 10.8. The molecule has 0 amide bonds. The number of carbonyl (C=O) groups excluding carboxylic acids is 1. The third-order valence-electron chi connectivity index (χ3n) is 1.55. The van der Waals surface area contributed by atoms with E-state index in [1.165, 1.54) is 7.11 Å². The number of alkyl halides is 1. The molecule has 0 saturated heterocycles. The molecule has 5 heteroatoms. The Morgan fingerprint density at radius 3 is 2.79 bits per heavy atom. The van der Waals surface area contributed by atoms with Crippen LogP contribution in [0.15, 0.2) is 0 Å². The van der Waals surface area contributed by atoms with Crippen molar-refractivity contribution in [3.05, 3.63) is 0 Å². The molecule has 0 saturated carbocycles. The normalized spacial score (nSPS) is 12.5. The van der Waals surface area contributed by atoms with Crippen LogP contribution >= 0.6 is 15.9 Å². The summed E-state index contributed by atoms with van der Waals surface area (Å²) in [4.78, 5) is 10.7. The molecule has 0 aromatic heterocycles. The lowest BCUT2D eigenvalue weighted by molar-refractivity contribution is -0.139. The third-order valence-corrected chi connectivity index (χ3v) is 2.25. The molecule has 0 aromatic rings. The monoisotopic (exact) mass is 267 g/mol. The average molecular weight is 268 g/mol. The van der Waals surface area contributed by atoms with E-state index in [-0.39, 0.29) is 10.8 Å². The fraction of sp³-hybridized carbons (Fsp3) is 0.889. The van der Waals surface area contributed by atoms with Crippen LogP contribution < -0.4 is 5.32 Å². The molecule has 84 valence electrons. The number of halogens is 1. The van der Waals surface area contributed by atoms with Crippen molar-refractivity contribution in [2.45, 2.75) is 18.2 Å². The average Bonchev–Trinajstić information content (AvgIpc) is 2.21. The van der Waals surface area contributed by atoms with Gasteiger partial charge in [-0.3, -0.25) is 4.79 Å². The number of esters is 1. The predicted molar refractivity (Wildman–Crippen MR) is 58.7 cm³/mol. The summed E-state index contributed by atoms with van der Waals surface area (Å²) in [6.45, 7) is 4.84. The smallest absolute Gasteiger partial charge is 0.320 e. The van der Waals surface area contributed by atoms with E-state index >= 15 is 0 Å². The summed E-state index contributed by atoms with van der Waals surface area (Å²) >= 11 is 3.21. The van der Waals surface area contributed by atoms with Gasteiger partial charge >= 0.3 is 5.97 Å². The molecule has 0 rings (SSSR count). The highest BCUT2D eigenvalue weighted by molar-refractivity contribution is 9.10. The van der Waals surface area contributed by atoms with Gasteiger partial charge in [0, 0.05) is 19.7 Å². The quantitative estimate of drug-likeness (QED) is 0.404. The molecule has 0 fully saturated rings. The Morgan fingerprint density at radius 2 is 2.21 bits per heavy atom. The SMILES string of the molecule is CCCOCCNCC(Br)C(=O)OC. The Hall–Kier alpha value is -0.130. The molecule has 1 unspecified atom stereocenters. The number of carbonyl (C=O) groups is 1. The molecule has 0 aliphatic heterocycles. The molecule has 0 bridgehead atoms. The van der Waals surface area contributed by atoms with Gasteiger partial charge in [0.2, 0.25) is 0 Å². The van der Waals surface area contributed by atoms with Gasteiger partial charge in [-0.15, -0.1) is 0 Å². The maximum atomic E-state index is 10.9. The topological polar surface area (TPSA) is 47.6 Å². The van der Waals surface area contributed by atoms with E-state index < -0.39 is 0 Å². The number of rotatable bonds is 8. The van der Waals surface area contributed by atoms with Gasteiger partial charge in [-0.05, 0) is 6.42 Å². The zero-order valence-corrected chi connectivity index (χ0v) is 10.3. The lowest BCUT2D eigenvalue weighted by atomic mass is 10.4. The third kappa shape index (κ3) is 7.29. The van der Waals surface area contributed by atoms with Crippen molar-refractivity contribution in [2.24, 2.45) is 0 Å². The van der Waals surface area contributed by atoms with Crippen molar-refractivity contribution < 1.29 is 14.3 Å². The summed E-state index contributed by atoms with van der Waals surface area (Å²) in [7, 11) is 1.38. The van der Waals surface area contributed by atoms with Crippen molar-refractivity contribution in [3.8, 4) is 0 Å². The zero-order valence-electron chi connectivity index (χ0n) is 8.72. The Bertz CT molecular complexity index is 155. The van der Waals surface area contributed by atoms with Crippen LogP contribution in [-0.2, 0) is 14.3 Å². The van der Waals surface area contributed by atoms with Crippen LogP contribution in [0.3, 0.4) is 0 Å². The van der Waals surface area contributed by atoms with Gasteiger partial charge in [-0.25, -0.2) is 0 Å². The first kappa shape index (κ1) is 13.9. The van der Waals surface area contributed by atoms with Crippen LogP contribution in [-0.4, -0.2) is 44.2 Å². The van der Waals surface area contributed by atoms with E-state index in [4.69, 9.17) is 4.74 Å². The van der Waals surface area contributed by atoms with E-state index in [9.17, 15) is 4.79 Å². The Kier molecular flexibility index (Phi) is 9.34. The number of hydrogen-bond donors (Lipinski definition) is 1. The fourth-order valence-corrected chi connectivity index (χ4v) is 1.25. The van der Waals surface area contributed by atoms with Crippen molar-refractivity contribution in [1.82, 2.24) is 5.32 Å². The summed E-state index contributed by atoms with van der Waals surface area (Å²) in [5.41, 5.74) is 0. The molecule has 0 spiro atoms. The van der Waals surface area contributed by atoms with E-state index in [0.717, 1.165) is 19.6 Å². The molecule has 4 nitrogen and oxygen atoms in total. The van der Waals surface area contributed by atoms with Crippen molar-refractivity contribution in [2.75, 3.05) is 33.4 Å². The van der Waals surface area contributed by atoms with Gasteiger partial charge in [-0.1, -0.05) is 22.9 Å². The summed E-state index contributed by atoms with van der Waals surface area (Å²) in [5.74, 6) is -0.257. The predicted octanol–water partition coefficient (Wildman–Crippen LogP) is 0.939.